The quantitative estimate of drug-likeness (QED) is 0.867. The second kappa shape index (κ2) is 7.24. The molecular weight excluding hydrogens is 254 g/mol. The Morgan fingerprint density at radius 3 is 3.00 bits per heavy atom. The van der Waals surface area contributed by atoms with Crippen LogP contribution in [0.3, 0.4) is 0 Å². The standard InChI is InChI=1S/C15H23N3O2/c1-13-6-2-4-9-17(13)11-8-16-14(19)12-18-10-5-3-7-15(18)20/h3,5,7,10,13H,2,4,6,8-9,11-12H2,1H3,(H,16,19)/t13-/m1/s1. The van der Waals surface area contributed by atoms with E-state index in [0.29, 0.717) is 12.6 Å². The van der Waals surface area contributed by atoms with Crippen LogP contribution in [0.4, 0.5) is 0 Å². The summed E-state index contributed by atoms with van der Waals surface area (Å²) in [5, 5.41) is 2.89. The highest BCUT2D eigenvalue weighted by Crippen LogP contribution is 2.15. The molecule has 20 heavy (non-hydrogen) atoms. The van der Waals surface area contributed by atoms with Crippen LogP contribution in [0, 0.1) is 0 Å². The summed E-state index contributed by atoms with van der Waals surface area (Å²) in [4.78, 5) is 25.7. The average Bonchev–Trinajstić information content (AvgIpc) is 2.43. The van der Waals surface area contributed by atoms with Gasteiger partial charge in [0.2, 0.25) is 5.91 Å². The van der Waals surface area contributed by atoms with Gasteiger partial charge in [-0.2, -0.15) is 0 Å². The predicted octanol–water partition coefficient (Wildman–Crippen LogP) is 0.839. The zero-order chi connectivity index (χ0) is 14.4. The van der Waals surface area contributed by atoms with Gasteiger partial charge in [0.1, 0.15) is 6.54 Å². The minimum absolute atomic E-state index is 0.0925. The molecule has 1 aliphatic heterocycles. The van der Waals surface area contributed by atoms with Crippen LogP contribution >= 0.6 is 0 Å². The van der Waals surface area contributed by atoms with E-state index in [1.165, 1.54) is 29.9 Å². The van der Waals surface area contributed by atoms with Crippen molar-refractivity contribution in [1.29, 1.82) is 0 Å². The van der Waals surface area contributed by atoms with Crippen molar-refractivity contribution in [1.82, 2.24) is 14.8 Å². The smallest absolute Gasteiger partial charge is 0.250 e. The first-order valence-electron chi connectivity index (χ1n) is 7.33. The Labute approximate surface area is 119 Å². The van der Waals surface area contributed by atoms with Gasteiger partial charge < -0.3 is 9.88 Å². The summed E-state index contributed by atoms with van der Waals surface area (Å²) in [5.41, 5.74) is -0.146. The zero-order valence-corrected chi connectivity index (χ0v) is 12.0. The lowest BCUT2D eigenvalue weighted by Crippen LogP contribution is -2.43. The average molecular weight is 277 g/mol. The maximum Gasteiger partial charge on any atom is 0.250 e. The molecule has 0 bridgehead atoms. The van der Waals surface area contributed by atoms with E-state index in [1.54, 1.807) is 18.3 Å². The molecule has 0 radical (unpaired) electrons. The summed E-state index contributed by atoms with van der Waals surface area (Å²) < 4.78 is 1.42. The molecule has 2 rings (SSSR count). The van der Waals surface area contributed by atoms with Gasteiger partial charge in [0, 0.05) is 31.4 Å². The van der Waals surface area contributed by atoms with E-state index in [9.17, 15) is 9.59 Å². The first kappa shape index (κ1) is 14.8. The van der Waals surface area contributed by atoms with Gasteiger partial charge in [-0.05, 0) is 32.4 Å². The molecule has 1 fully saturated rings. The number of piperidine rings is 1. The molecule has 1 aromatic heterocycles. The highest BCUT2D eigenvalue weighted by molar-refractivity contribution is 5.75. The van der Waals surface area contributed by atoms with Crippen LogP contribution in [-0.4, -0.2) is 41.1 Å². The van der Waals surface area contributed by atoms with Gasteiger partial charge in [0.05, 0.1) is 0 Å². The summed E-state index contributed by atoms with van der Waals surface area (Å²) >= 11 is 0. The monoisotopic (exact) mass is 277 g/mol. The largest absolute Gasteiger partial charge is 0.353 e. The van der Waals surface area contributed by atoms with Gasteiger partial charge in [-0.1, -0.05) is 12.5 Å². The Morgan fingerprint density at radius 1 is 1.40 bits per heavy atom. The van der Waals surface area contributed by atoms with Crippen molar-refractivity contribution in [2.24, 2.45) is 0 Å². The fourth-order valence-corrected chi connectivity index (χ4v) is 2.63. The van der Waals surface area contributed by atoms with E-state index < -0.39 is 0 Å². The van der Waals surface area contributed by atoms with Gasteiger partial charge in [-0.15, -0.1) is 0 Å². The third-order valence-corrected chi connectivity index (χ3v) is 3.87. The number of rotatable bonds is 5. The first-order valence-corrected chi connectivity index (χ1v) is 7.33. The Hall–Kier alpha value is -1.62. The fraction of sp³-hybridized carbons (Fsp3) is 0.600. The van der Waals surface area contributed by atoms with Gasteiger partial charge >= 0.3 is 0 Å². The van der Waals surface area contributed by atoms with Crippen LogP contribution in [0.15, 0.2) is 29.2 Å². The number of likely N-dealkylation sites (tertiary alicyclic amines) is 1. The van der Waals surface area contributed by atoms with Crippen molar-refractivity contribution in [3.8, 4) is 0 Å². The van der Waals surface area contributed by atoms with Crippen molar-refractivity contribution in [2.75, 3.05) is 19.6 Å². The Balaban J connectivity index is 1.73. The molecule has 0 saturated carbocycles. The number of carbonyl (C=O) groups is 1. The molecule has 1 amide bonds. The third-order valence-electron chi connectivity index (χ3n) is 3.87. The van der Waals surface area contributed by atoms with Crippen LogP contribution < -0.4 is 10.9 Å². The topological polar surface area (TPSA) is 54.3 Å². The number of nitrogens with one attached hydrogen (secondary N) is 1. The van der Waals surface area contributed by atoms with Crippen LogP contribution in [-0.2, 0) is 11.3 Å². The predicted molar refractivity (Wildman–Crippen MR) is 78.6 cm³/mol. The van der Waals surface area contributed by atoms with Crippen LogP contribution in [0.1, 0.15) is 26.2 Å². The van der Waals surface area contributed by atoms with Crippen molar-refractivity contribution >= 4 is 5.91 Å². The molecule has 5 heteroatoms. The molecule has 1 aliphatic rings. The summed E-state index contributed by atoms with van der Waals surface area (Å²) in [5.74, 6) is -0.108. The molecular formula is C15H23N3O2. The lowest BCUT2D eigenvalue weighted by molar-refractivity contribution is -0.121. The summed E-state index contributed by atoms with van der Waals surface area (Å²) in [6, 6.07) is 5.50. The molecule has 5 nitrogen and oxygen atoms in total. The maximum absolute atomic E-state index is 11.8. The van der Waals surface area contributed by atoms with E-state index in [0.717, 1.165) is 13.1 Å². The molecule has 0 aliphatic carbocycles. The second-order valence-corrected chi connectivity index (χ2v) is 5.40. The molecule has 0 unspecified atom stereocenters. The van der Waals surface area contributed by atoms with Crippen molar-refractivity contribution in [3.63, 3.8) is 0 Å². The Morgan fingerprint density at radius 2 is 2.25 bits per heavy atom. The van der Waals surface area contributed by atoms with E-state index >= 15 is 0 Å². The molecule has 1 saturated heterocycles. The number of pyridine rings is 1. The summed E-state index contributed by atoms with van der Waals surface area (Å²) in [6.45, 7) is 4.98. The maximum atomic E-state index is 11.8. The number of hydrogen-bond acceptors (Lipinski definition) is 3. The van der Waals surface area contributed by atoms with Crippen molar-refractivity contribution in [2.45, 2.75) is 38.8 Å². The van der Waals surface area contributed by atoms with Crippen LogP contribution in [0.25, 0.3) is 0 Å². The second-order valence-electron chi connectivity index (χ2n) is 5.40. The lowest BCUT2D eigenvalue weighted by Gasteiger charge is -2.33. The van der Waals surface area contributed by atoms with E-state index in [4.69, 9.17) is 0 Å². The normalized spacial score (nSPS) is 19.8. The molecule has 2 heterocycles. The lowest BCUT2D eigenvalue weighted by atomic mass is 10.0. The first-order chi connectivity index (χ1) is 9.66. The van der Waals surface area contributed by atoms with Crippen LogP contribution in [0.2, 0.25) is 0 Å². The number of nitrogens with zero attached hydrogens (tertiary/aromatic N) is 2. The van der Waals surface area contributed by atoms with Crippen molar-refractivity contribution < 1.29 is 4.79 Å². The minimum Gasteiger partial charge on any atom is -0.353 e. The number of amides is 1. The summed E-state index contributed by atoms with van der Waals surface area (Å²) in [7, 11) is 0. The SMILES string of the molecule is C[C@@H]1CCCCN1CCNC(=O)Cn1ccccc1=O. The number of hydrogen-bond donors (Lipinski definition) is 1. The molecule has 0 aromatic carbocycles. The molecule has 1 aromatic rings. The molecule has 1 atom stereocenters. The van der Waals surface area contributed by atoms with Gasteiger partial charge in [0.25, 0.3) is 5.56 Å². The Kier molecular flexibility index (Phi) is 5.35. The third kappa shape index (κ3) is 4.20. The van der Waals surface area contributed by atoms with Crippen molar-refractivity contribution in [3.05, 3.63) is 34.7 Å². The number of aromatic nitrogens is 1. The Bertz CT molecular complexity index is 498. The van der Waals surface area contributed by atoms with Gasteiger partial charge in [-0.25, -0.2) is 0 Å². The van der Waals surface area contributed by atoms with Crippen LogP contribution in [0.5, 0.6) is 0 Å². The number of carbonyl (C=O) groups excluding carboxylic acids is 1. The summed E-state index contributed by atoms with van der Waals surface area (Å²) in [6.07, 6.45) is 5.43. The van der Waals surface area contributed by atoms with E-state index in [1.807, 2.05) is 0 Å². The molecule has 0 spiro atoms. The van der Waals surface area contributed by atoms with Gasteiger partial charge in [-0.3, -0.25) is 14.5 Å². The zero-order valence-electron chi connectivity index (χ0n) is 12.0. The highest BCUT2D eigenvalue weighted by Gasteiger charge is 2.17. The highest BCUT2D eigenvalue weighted by atomic mass is 16.2. The molecule has 110 valence electrons. The van der Waals surface area contributed by atoms with Gasteiger partial charge in [0.15, 0.2) is 0 Å². The fourth-order valence-electron chi connectivity index (χ4n) is 2.63. The minimum atomic E-state index is -0.146. The molecule has 1 N–H and O–H groups in total. The van der Waals surface area contributed by atoms with E-state index in [-0.39, 0.29) is 18.0 Å². The van der Waals surface area contributed by atoms with E-state index in [2.05, 4.69) is 17.1 Å².